The standard InChI is InChI=1S/C23H27N3O/c1-2-25-22-18-24(16-9-12-19-10-5-3-6-11-19)17-15-21(22)23(27)26(25)20-13-7-4-8-14-20/h3-8,10-11,13-14H,2,9,12,15-18H2,1H3. The van der Waals surface area contributed by atoms with E-state index in [4.69, 9.17) is 0 Å². The lowest BCUT2D eigenvalue weighted by Gasteiger charge is -2.27. The molecule has 4 heteroatoms. The second-order valence-corrected chi connectivity index (χ2v) is 7.21. The zero-order valence-corrected chi connectivity index (χ0v) is 16.0. The topological polar surface area (TPSA) is 30.2 Å². The van der Waals surface area contributed by atoms with Gasteiger partial charge in [0.2, 0.25) is 0 Å². The quantitative estimate of drug-likeness (QED) is 0.671. The minimum absolute atomic E-state index is 0.155. The van der Waals surface area contributed by atoms with Gasteiger partial charge in [0.15, 0.2) is 0 Å². The molecule has 0 aliphatic carbocycles. The first-order chi connectivity index (χ1) is 13.3. The smallest absolute Gasteiger partial charge is 0.274 e. The van der Waals surface area contributed by atoms with Crippen molar-refractivity contribution >= 4 is 0 Å². The zero-order valence-electron chi connectivity index (χ0n) is 16.0. The van der Waals surface area contributed by atoms with Crippen LogP contribution in [0, 0.1) is 0 Å². The van der Waals surface area contributed by atoms with Gasteiger partial charge in [-0.05, 0) is 50.4 Å². The van der Waals surface area contributed by atoms with Gasteiger partial charge in [-0.3, -0.25) is 14.4 Å². The van der Waals surface area contributed by atoms with Crippen molar-refractivity contribution in [2.75, 3.05) is 13.1 Å². The third-order valence-electron chi connectivity index (χ3n) is 5.49. The van der Waals surface area contributed by atoms with Crippen molar-refractivity contribution in [3.05, 3.63) is 87.8 Å². The van der Waals surface area contributed by atoms with E-state index in [-0.39, 0.29) is 5.56 Å². The first-order valence-electron chi connectivity index (χ1n) is 9.93. The molecule has 140 valence electrons. The minimum atomic E-state index is 0.155. The third-order valence-corrected chi connectivity index (χ3v) is 5.49. The van der Waals surface area contributed by atoms with Gasteiger partial charge in [-0.15, -0.1) is 0 Å². The van der Waals surface area contributed by atoms with Gasteiger partial charge in [-0.25, -0.2) is 4.68 Å². The highest BCUT2D eigenvalue weighted by Gasteiger charge is 2.25. The van der Waals surface area contributed by atoms with Gasteiger partial charge in [0.05, 0.1) is 11.4 Å². The molecule has 0 spiro atoms. The monoisotopic (exact) mass is 361 g/mol. The highest BCUT2D eigenvalue weighted by atomic mass is 16.1. The van der Waals surface area contributed by atoms with E-state index in [1.54, 1.807) is 0 Å². The van der Waals surface area contributed by atoms with E-state index in [1.165, 1.54) is 11.3 Å². The molecular formula is C23H27N3O. The maximum absolute atomic E-state index is 13.0. The minimum Gasteiger partial charge on any atom is -0.297 e. The van der Waals surface area contributed by atoms with Crippen LogP contribution in [0.25, 0.3) is 5.69 Å². The van der Waals surface area contributed by atoms with Crippen molar-refractivity contribution in [3.8, 4) is 5.69 Å². The number of hydrogen-bond acceptors (Lipinski definition) is 2. The summed E-state index contributed by atoms with van der Waals surface area (Å²) in [6.07, 6.45) is 3.10. The van der Waals surface area contributed by atoms with Crippen molar-refractivity contribution < 1.29 is 0 Å². The second-order valence-electron chi connectivity index (χ2n) is 7.21. The van der Waals surface area contributed by atoms with E-state index in [9.17, 15) is 4.79 Å². The van der Waals surface area contributed by atoms with Crippen molar-refractivity contribution in [2.24, 2.45) is 0 Å². The molecule has 27 heavy (non-hydrogen) atoms. The molecule has 1 aromatic heterocycles. The molecular weight excluding hydrogens is 334 g/mol. The average Bonchev–Trinajstić information content (AvgIpc) is 3.00. The first-order valence-corrected chi connectivity index (χ1v) is 9.93. The van der Waals surface area contributed by atoms with Gasteiger partial charge in [0.1, 0.15) is 0 Å². The number of aromatic nitrogens is 2. The molecule has 1 aliphatic rings. The van der Waals surface area contributed by atoms with Crippen LogP contribution < -0.4 is 5.56 Å². The van der Waals surface area contributed by atoms with Crippen molar-refractivity contribution in [1.82, 2.24) is 14.3 Å². The highest BCUT2D eigenvalue weighted by molar-refractivity contribution is 5.34. The van der Waals surface area contributed by atoms with Crippen LogP contribution in [0.2, 0.25) is 0 Å². The van der Waals surface area contributed by atoms with Crippen LogP contribution >= 0.6 is 0 Å². The fourth-order valence-corrected chi connectivity index (χ4v) is 4.13. The number of benzene rings is 2. The molecule has 0 saturated heterocycles. The van der Waals surface area contributed by atoms with Crippen LogP contribution in [0.5, 0.6) is 0 Å². The van der Waals surface area contributed by atoms with E-state index in [0.29, 0.717) is 0 Å². The number of para-hydroxylation sites is 1. The van der Waals surface area contributed by atoms with E-state index < -0.39 is 0 Å². The second kappa shape index (κ2) is 7.97. The van der Waals surface area contributed by atoms with E-state index >= 15 is 0 Å². The summed E-state index contributed by atoms with van der Waals surface area (Å²) in [5.74, 6) is 0. The van der Waals surface area contributed by atoms with Crippen LogP contribution in [-0.2, 0) is 25.9 Å². The van der Waals surface area contributed by atoms with Gasteiger partial charge in [0.25, 0.3) is 5.56 Å². The molecule has 0 radical (unpaired) electrons. The van der Waals surface area contributed by atoms with Gasteiger partial charge < -0.3 is 0 Å². The normalized spacial score (nSPS) is 14.3. The Bertz CT molecular complexity index is 941. The Balaban J connectivity index is 1.51. The Morgan fingerprint density at radius 1 is 0.963 bits per heavy atom. The van der Waals surface area contributed by atoms with E-state index in [1.807, 2.05) is 35.0 Å². The molecule has 2 heterocycles. The number of fused-ring (bicyclic) bond motifs is 1. The Kier molecular flexibility index (Phi) is 5.26. The van der Waals surface area contributed by atoms with Gasteiger partial charge in [-0.2, -0.15) is 0 Å². The molecule has 0 fully saturated rings. The molecule has 0 atom stereocenters. The van der Waals surface area contributed by atoms with Crippen LogP contribution in [0.15, 0.2) is 65.5 Å². The molecule has 0 unspecified atom stereocenters. The maximum Gasteiger partial charge on any atom is 0.274 e. The summed E-state index contributed by atoms with van der Waals surface area (Å²) in [5, 5.41) is 0. The Labute approximate surface area is 160 Å². The Hall–Kier alpha value is -2.59. The predicted molar refractivity (Wildman–Crippen MR) is 109 cm³/mol. The number of nitrogens with zero attached hydrogens (tertiary/aromatic N) is 3. The molecule has 1 aliphatic heterocycles. The SMILES string of the molecule is CCn1c2c(c(=O)n1-c1ccccc1)CCN(CCCc1ccccc1)C2. The number of aryl methyl sites for hydroxylation is 1. The maximum atomic E-state index is 13.0. The highest BCUT2D eigenvalue weighted by Crippen LogP contribution is 2.20. The largest absolute Gasteiger partial charge is 0.297 e. The lowest BCUT2D eigenvalue weighted by Crippen LogP contribution is -2.33. The summed E-state index contributed by atoms with van der Waals surface area (Å²) >= 11 is 0. The van der Waals surface area contributed by atoms with Crippen LogP contribution in [0.4, 0.5) is 0 Å². The third kappa shape index (κ3) is 3.62. The molecule has 0 amide bonds. The van der Waals surface area contributed by atoms with E-state index in [2.05, 4.69) is 46.8 Å². The van der Waals surface area contributed by atoms with Gasteiger partial charge >= 0.3 is 0 Å². The molecule has 3 aromatic rings. The number of rotatable bonds is 6. The van der Waals surface area contributed by atoms with E-state index in [0.717, 1.165) is 56.7 Å². The summed E-state index contributed by atoms with van der Waals surface area (Å²) < 4.78 is 4.02. The van der Waals surface area contributed by atoms with Crippen LogP contribution in [0.3, 0.4) is 0 Å². The number of hydrogen-bond donors (Lipinski definition) is 0. The average molecular weight is 361 g/mol. The summed E-state index contributed by atoms with van der Waals surface area (Å²) in [4.78, 5) is 15.5. The summed E-state index contributed by atoms with van der Waals surface area (Å²) in [5.41, 5.74) is 4.70. The van der Waals surface area contributed by atoms with Crippen LogP contribution in [-0.4, -0.2) is 27.4 Å². The fraction of sp³-hybridized carbons (Fsp3) is 0.348. The van der Waals surface area contributed by atoms with Gasteiger partial charge in [0, 0.05) is 25.2 Å². The summed E-state index contributed by atoms with van der Waals surface area (Å²) in [6.45, 7) is 5.83. The van der Waals surface area contributed by atoms with Crippen molar-refractivity contribution in [3.63, 3.8) is 0 Å². The van der Waals surface area contributed by atoms with Gasteiger partial charge in [-0.1, -0.05) is 48.5 Å². The Morgan fingerprint density at radius 2 is 1.67 bits per heavy atom. The van der Waals surface area contributed by atoms with Crippen molar-refractivity contribution in [1.29, 1.82) is 0 Å². The lowest BCUT2D eigenvalue weighted by atomic mass is 10.1. The molecule has 2 aromatic carbocycles. The summed E-state index contributed by atoms with van der Waals surface area (Å²) in [6, 6.07) is 20.7. The molecule has 4 rings (SSSR count). The first kappa shape index (κ1) is 17.8. The molecule has 0 bridgehead atoms. The molecule has 0 saturated carbocycles. The Morgan fingerprint density at radius 3 is 2.37 bits per heavy atom. The lowest BCUT2D eigenvalue weighted by molar-refractivity contribution is 0.242. The predicted octanol–water partition coefficient (Wildman–Crippen LogP) is 3.65. The van der Waals surface area contributed by atoms with Crippen molar-refractivity contribution in [2.45, 2.75) is 39.3 Å². The summed E-state index contributed by atoms with van der Waals surface area (Å²) in [7, 11) is 0. The molecule has 4 nitrogen and oxygen atoms in total. The van der Waals surface area contributed by atoms with Crippen LogP contribution in [0.1, 0.15) is 30.2 Å². The zero-order chi connectivity index (χ0) is 18.6. The fourth-order valence-electron chi connectivity index (χ4n) is 4.13. The molecule has 0 N–H and O–H groups in total.